The quantitative estimate of drug-likeness (QED) is 0.179. The van der Waals surface area contributed by atoms with Crippen LogP contribution in [-0.4, -0.2) is 65.6 Å². The monoisotopic (exact) mass is 602 g/mol. The number of piperazine rings is 1. The first-order valence-corrected chi connectivity index (χ1v) is 14.4. The molecule has 0 radical (unpaired) electrons. The Morgan fingerprint density at radius 3 is 2.35 bits per heavy atom. The van der Waals surface area contributed by atoms with Crippen LogP contribution in [0.1, 0.15) is 49.8 Å². The Bertz CT molecular complexity index is 1470. The number of rotatable bonds is 8. The molecule has 0 spiro atoms. The normalized spacial score (nSPS) is 20.6. The summed E-state index contributed by atoms with van der Waals surface area (Å²) in [6.07, 6.45) is -2.38. The van der Waals surface area contributed by atoms with Gasteiger partial charge in [0.15, 0.2) is 0 Å². The number of nitrogens with zero attached hydrogens (tertiary/aromatic N) is 3. The maximum atomic E-state index is 13.5. The number of carbonyl (C=O) groups excluding carboxylic acids is 1. The van der Waals surface area contributed by atoms with Gasteiger partial charge >= 0.3 is 6.18 Å². The highest BCUT2D eigenvalue weighted by Gasteiger charge is 2.38. The van der Waals surface area contributed by atoms with E-state index < -0.39 is 22.4 Å². The molecule has 2 fully saturated rings. The molecule has 8 nitrogen and oxygen atoms in total. The van der Waals surface area contributed by atoms with Crippen LogP contribution >= 0.6 is 0 Å². The number of hydrogen-bond donors (Lipinski definition) is 1. The fourth-order valence-corrected chi connectivity index (χ4v) is 5.97. The number of fused-ring (bicyclic) bond motifs is 1. The molecule has 1 atom stereocenters. The number of halogens is 4. The molecule has 12 heteroatoms. The fraction of sp³-hybridized carbons (Fsp3) is 0.452. The Balaban J connectivity index is 1.05. The van der Waals surface area contributed by atoms with Crippen molar-refractivity contribution in [2.45, 2.75) is 57.0 Å². The molecule has 2 aliphatic rings. The number of ether oxygens (including phenoxy) is 1. The highest BCUT2D eigenvalue weighted by atomic mass is 19.4. The highest BCUT2D eigenvalue weighted by molar-refractivity contribution is 5.83. The van der Waals surface area contributed by atoms with Crippen molar-refractivity contribution in [1.29, 1.82) is 0 Å². The average Bonchev–Trinajstić information content (AvgIpc) is 2.99. The lowest BCUT2D eigenvalue weighted by Crippen LogP contribution is -2.50. The molecule has 1 aliphatic heterocycles. The second kappa shape index (κ2) is 12.8. The molecule has 0 bridgehead atoms. The minimum atomic E-state index is -4.83. The summed E-state index contributed by atoms with van der Waals surface area (Å²) in [7, 11) is 0. The number of carbonyl (C=O) groups is 1. The molecule has 1 saturated heterocycles. The first-order valence-electron chi connectivity index (χ1n) is 14.4. The van der Waals surface area contributed by atoms with Crippen molar-refractivity contribution < 1.29 is 32.0 Å². The largest absolute Gasteiger partial charge is 0.423 e. The Labute approximate surface area is 246 Å². The SMILES string of the molecule is CC(c1ccc2cc(F)ccc2c1)N1CCN(C(=O)COC2CCC(Nc3ccc([N+](=O)[O-])c(C(F)(F)F)c3)CC2)CC1. The van der Waals surface area contributed by atoms with Crippen molar-refractivity contribution in [3.05, 3.63) is 81.7 Å². The lowest BCUT2D eigenvalue weighted by molar-refractivity contribution is -0.388. The van der Waals surface area contributed by atoms with Gasteiger partial charge in [0.05, 0.1) is 11.0 Å². The predicted octanol–water partition coefficient (Wildman–Crippen LogP) is 6.55. The molecule has 0 aromatic heterocycles. The lowest BCUT2D eigenvalue weighted by Gasteiger charge is -2.38. The Kier molecular flexibility index (Phi) is 9.16. The molecule has 1 N–H and O–H groups in total. The lowest BCUT2D eigenvalue weighted by atomic mass is 9.92. The van der Waals surface area contributed by atoms with Crippen LogP contribution in [0.4, 0.5) is 28.9 Å². The van der Waals surface area contributed by atoms with Gasteiger partial charge in [-0.2, -0.15) is 13.2 Å². The number of anilines is 1. The molecule has 5 rings (SSSR count). The summed E-state index contributed by atoms with van der Waals surface area (Å²) in [4.78, 5) is 26.9. The summed E-state index contributed by atoms with van der Waals surface area (Å²) in [5.41, 5.74) is -0.928. The topological polar surface area (TPSA) is 88.0 Å². The van der Waals surface area contributed by atoms with E-state index in [1.54, 1.807) is 6.07 Å². The predicted molar refractivity (Wildman–Crippen MR) is 154 cm³/mol. The zero-order valence-corrected chi connectivity index (χ0v) is 23.8. The first kappa shape index (κ1) is 30.7. The van der Waals surface area contributed by atoms with Gasteiger partial charge in [-0.25, -0.2) is 4.39 Å². The summed E-state index contributed by atoms with van der Waals surface area (Å²) in [6, 6.07) is 13.8. The number of nitrogens with one attached hydrogen (secondary N) is 1. The standard InChI is InChI=1S/C31H34F4N4O4/c1-20(21-2-3-23-17-24(32)5-4-22(23)16-21)37-12-14-38(15-13-37)30(40)19-43-27-9-6-25(7-10-27)36-26-8-11-29(39(41)42)28(18-26)31(33,34)35/h2-5,8,11,16-18,20,25,27,36H,6-7,9-10,12-15,19H2,1H3. The summed E-state index contributed by atoms with van der Waals surface area (Å²) in [5, 5.41) is 15.9. The summed E-state index contributed by atoms with van der Waals surface area (Å²) in [6.45, 7) is 4.76. The summed E-state index contributed by atoms with van der Waals surface area (Å²) >= 11 is 0. The molecule has 1 aliphatic carbocycles. The molecule has 3 aromatic carbocycles. The van der Waals surface area contributed by atoms with Gasteiger partial charge in [0.2, 0.25) is 5.91 Å². The van der Waals surface area contributed by atoms with E-state index in [-0.39, 0.29) is 42.2 Å². The van der Waals surface area contributed by atoms with Crippen molar-refractivity contribution in [3.8, 4) is 0 Å². The van der Waals surface area contributed by atoms with Gasteiger partial charge in [0.25, 0.3) is 5.69 Å². The van der Waals surface area contributed by atoms with Gasteiger partial charge < -0.3 is 15.0 Å². The maximum Gasteiger partial charge on any atom is 0.423 e. The molecular formula is C31H34F4N4O4. The second-order valence-corrected chi connectivity index (χ2v) is 11.3. The zero-order chi connectivity index (χ0) is 30.7. The smallest absolute Gasteiger partial charge is 0.382 e. The van der Waals surface area contributed by atoms with Crippen molar-refractivity contribution in [1.82, 2.24) is 9.80 Å². The average molecular weight is 603 g/mol. The highest BCUT2D eigenvalue weighted by Crippen LogP contribution is 2.38. The van der Waals surface area contributed by atoms with Crippen molar-refractivity contribution in [3.63, 3.8) is 0 Å². The van der Waals surface area contributed by atoms with Crippen LogP contribution < -0.4 is 5.32 Å². The maximum absolute atomic E-state index is 13.5. The molecule has 1 amide bonds. The minimum Gasteiger partial charge on any atom is -0.382 e. The second-order valence-electron chi connectivity index (χ2n) is 11.3. The van der Waals surface area contributed by atoms with E-state index in [4.69, 9.17) is 4.74 Å². The molecular weight excluding hydrogens is 568 g/mol. The van der Waals surface area contributed by atoms with Crippen LogP contribution in [0.2, 0.25) is 0 Å². The Morgan fingerprint density at radius 1 is 1.00 bits per heavy atom. The molecule has 1 unspecified atom stereocenters. The number of amides is 1. The zero-order valence-electron chi connectivity index (χ0n) is 23.8. The molecule has 43 heavy (non-hydrogen) atoms. The van der Waals surface area contributed by atoms with E-state index in [0.29, 0.717) is 38.8 Å². The van der Waals surface area contributed by atoms with Crippen LogP contribution in [0, 0.1) is 15.9 Å². The fourth-order valence-electron chi connectivity index (χ4n) is 5.97. The van der Waals surface area contributed by atoms with Crippen LogP contribution in [0.3, 0.4) is 0 Å². The molecule has 1 saturated carbocycles. The number of benzene rings is 3. The first-order chi connectivity index (χ1) is 20.5. The van der Waals surface area contributed by atoms with Crippen LogP contribution in [0.25, 0.3) is 10.8 Å². The van der Waals surface area contributed by atoms with Gasteiger partial charge in [-0.15, -0.1) is 0 Å². The van der Waals surface area contributed by atoms with E-state index in [9.17, 15) is 32.5 Å². The number of nitro groups is 1. The number of alkyl halides is 3. The summed E-state index contributed by atoms with van der Waals surface area (Å²) < 4.78 is 59.3. The van der Waals surface area contributed by atoms with Crippen LogP contribution in [-0.2, 0) is 15.7 Å². The number of hydrogen-bond acceptors (Lipinski definition) is 6. The third-order valence-corrected chi connectivity index (χ3v) is 8.51. The minimum absolute atomic E-state index is 0.0170. The van der Waals surface area contributed by atoms with Crippen molar-refractivity contribution >= 4 is 28.1 Å². The number of nitro benzene ring substituents is 1. The van der Waals surface area contributed by atoms with Gasteiger partial charge in [0.1, 0.15) is 18.0 Å². The van der Waals surface area contributed by atoms with E-state index in [0.717, 1.165) is 41.6 Å². The third kappa shape index (κ3) is 7.42. The molecule has 3 aromatic rings. The van der Waals surface area contributed by atoms with Crippen LogP contribution in [0.5, 0.6) is 0 Å². The Morgan fingerprint density at radius 2 is 1.67 bits per heavy atom. The van der Waals surface area contributed by atoms with Gasteiger partial charge in [0, 0.05) is 50.0 Å². The van der Waals surface area contributed by atoms with E-state index in [1.807, 2.05) is 17.0 Å². The van der Waals surface area contributed by atoms with Gasteiger partial charge in [-0.05, 0) is 79.3 Å². The molecule has 1 heterocycles. The van der Waals surface area contributed by atoms with Gasteiger partial charge in [-0.3, -0.25) is 19.8 Å². The molecule has 230 valence electrons. The van der Waals surface area contributed by atoms with Crippen molar-refractivity contribution in [2.24, 2.45) is 0 Å². The van der Waals surface area contributed by atoms with E-state index in [2.05, 4.69) is 23.2 Å². The van der Waals surface area contributed by atoms with E-state index >= 15 is 0 Å². The Hall–Kier alpha value is -3.77. The third-order valence-electron chi connectivity index (χ3n) is 8.51. The summed E-state index contributed by atoms with van der Waals surface area (Å²) in [5.74, 6) is -0.320. The van der Waals surface area contributed by atoms with Crippen LogP contribution in [0.15, 0.2) is 54.6 Å². The van der Waals surface area contributed by atoms with Crippen molar-refractivity contribution in [2.75, 3.05) is 38.1 Å². The van der Waals surface area contributed by atoms with Gasteiger partial charge in [-0.1, -0.05) is 18.2 Å². The van der Waals surface area contributed by atoms with E-state index in [1.165, 1.54) is 18.2 Å².